The van der Waals surface area contributed by atoms with E-state index in [4.69, 9.17) is 4.74 Å². The molecule has 3 aromatic rings. The molecule has 0 spiro atoms. The Kier molecular flexibility index (Phi) is 7.40. The molecule has 1 aliphatic heterocycles. The van der Waals surface area contributed by atoms with E-state index in [1.54, 1.807) is 0 Å². The van der Waals surface area contributed by atoms with Gasteiger partial charge in [0.05, 0.1) is 0 Å². The molecule has 0 aromatic heterocycles. The van der Waals surface area contributed by atoms with Crippen molar-refractivity contribution in [3.63, 3.8) is 0 Å². The van der Waals surface area contributed by atoms with Gasteiger partial charge in [-0.2, -0.15) is 0 Å². The lowest BCUT2D eigenvalue weighted by atomic mass is 10.00. The number of carbonyl (C=O) groups excluding carboxylic acids is 4. The summed E-state index contributed by atoms with van der Waals surface area (Å²) >= 11 is 0. The number of carbonyl (C=O) groups is 4. The van der Waals surface area contributed by atoms with Crippen molar-refractivity contribution in [1.29, 1.82) is 0 Å². The van der Waals surface area contributed by atoms with Crippen molar-refractivity contribution in [2.24, 2.45) is 0 Å². The molecule has 0 saturated carbocycles. The molecular formula is C27H27N3O5. The van der Waals surface area contributed by atoms with Crippen molar-refractivity contribution < 1.29 is 23.9 Å². The van der Waals surface area contributed by atoms with E-state index in [2.05, 4.69) is 16.0 Å². The predicted octanol–water partition coefficient (Wildman–Crippen LogP) is 2.00. The van der Waals surface area contributed by atoms with Crippen LogP contribution in [0.5, 0.6) is 0 Å². The van der Waals surface area contributed by atoms with Gasteiger partial charge >= 0.3 is 5.97 Å². The molecule has 180 valence electrons. The molecule has 4 rings (SSSR count). The SMILES string of the molecule is CC(=O)O[C@@H]1NC(=O)[C@H]1NC(=O)[C@H](Cc1ccc2ccccc2c1)NC(=O)CCc1ccccc1. The third-order valence-electron chi connectivity index (χ3n) is 5.85. The summed E-state index contributed by atoms with van der Waals surface area (Å²) in [5, 5.41) is 9.96. The van der Waals surface area contributed by atoms with Crippen LogP contribution in [0.4, 0.5) is 0 Å². The summed E-state index contributed by atoms with van der Waals surface area (Å²) < 4.78 is 5.01. The summed E-state index contributed by atoms with van der Waals surface area (Å²) in [5.74, 6) is -1.83. The van der Waals surface area contributed by atoms with Crippen molar-refractivity contribution in [1.82, 2.24) is 16.0 Å². The van der Waals surface area contributed by atoms with Crippen LogP contribution in [0.1, 0.15) is 24.5 Å². The maximum atomic E-state index is 13.2. The van der Waals surface area contributed by atoms with Crippen molar-refractivity contribution in [3.05, 3.63) is 83.9 Å². The van der Waals surface area contributed by atoms with E-state index in [0.717, 1.165) is 21.9 Å². The molecule has 1 fully saturated rings. The number of hydrogen-bond donors (Lipinski definition) is 3. The Labute approximate surface area is 203 Å². The highest BCUT2D eigenvalue weighted by molar-refractivity contribution is 5.96. The maximum Gasteiger partial charge on any atom is 0.304 e. The van der Waals surface area contributed by atoms with Crippen LogP contribution in [0, 0.1) is 0 Å². The minimum Gasteiger partial charge on any atom is -0.439 e. The first-order valence-corrected chi connectivity index (χ1v) is 11.5. The Morgan fingerprint density at radius 2 is 1.66 bits per heavy atom. The van der Waals surface area contributed by atoms with Crippen LogP contribution >= 0.6 is 0 Å². The molecule has 8 nitrogen and oxygen atoms in total. The van der Waals surface area contributed by atoms with Gasteiger partial charge in [0.2, 0.25) is 18.0 Å². The number of fused-ring (bicyclic) bond motifs is 1. The van der Waals surface area contributed by atoms with Gasteiger partial charge in [-0.1, -0.05) is 72.8 Å². The van der Waals surface area contributed by atoms with Gasteiger partial charge in [-0.05, 0) is 28.3 Å². The number of β-lactam (4-membered cyclic amide) rings is 1. The molecule has 0 radical (unpaired) electrons. The smallest absolute Gasteiger partial charge is 0.304 e. The van der Waals surface area contributed by atoms with Crippen LogP contribution in [-0.2, 0) is 36.8 Å². The van der Waals surface area contributed by atoms with Crippen molar-refractivity contribution in [2.45, 2.75) is 44.5 Å². The van der Waals surface area contributed by atoms with Gasteiger partial charge in [0.25, 0.3) is 5.91 Å². The quantitative estimate of drug-likeness (QED) is 0.325. The molecule has 35 heavy (non-hydrogen) atoms. The Hall–Kier alpha value is -4.20. The average molecular weight is 474 g/mol. The van der Waals surface area contributed by atoms with Crippen molar-refractivity contribution >= 4 is 34.5 Å². The highest BCUT2D eigenvalue weighted by atomic mass is 16.6. The van der Waals surface area contributed by atoms with Gasteiger partial charge in [-0.3, -0.25) is 19.2 Å². The maximum absolute atomic E-state index is 13.2. The van der Waals surface area contributed by atoms with Crippen molar-refractivity contribution in [2.75, 3.05) is 0 Å². The second-order valence-electron chi connectivity index (χ2n) is 8.52. The van der Waals surface area contributed by atoms with E-state index < -0.39 is 36.1 Å². The fourth-order valence-electron chi connectivity index (χ4n) is 4.01. The van der Waals surface area contributed by atoms with E-state index in [-0.39, 0.29) is 18.7 Å². The molecule has 1 heterocycles. The number of amides is 3. The summed E-state index contributed by atoms with van der Waals surface area (Å²) in [5.41, 5.74) is 1.88. The minimum absolute atomic E-state index is 0.214. The number of rotatable bonds is 9. The summed E-state index contributed by atoms with van der Waals surface area (Å²) in [6.45, 7) is 1.22. The number of ether oxygens (including phenoxy) is 1. The zero-order valence-corrected chi connectivity index (χ0v) is 19.3. The van der Waals surface area contributed by atoms with Crippen LogP contribution in [0.25, 0.3) is 10.8 Å². The van der Waals surface area contributed by atoms with E-state index in [1.807, 2.05) is 72.8 Å². The van der Waals surface area contributed by atoms with Gasteiger partial charge in [0.1, 0.15) is 6.04 Å². The second-order valence-corrected chi connectivity index (χ2v) is 8.52. The van der Waals surface area contributed by atoms with E-state index >= 15 is 0 Å². The number of hydrogen-bond acceptors (Lipinski definition) is 5. The standard InChI is InChI=1S/C27H27N3O5/c1-17(31)35-27-24(26(34)30-27)29-25(33)22(28-23(32)14-12-18-7-3-2-4-8-18)16-19-11-13-20-9-5-6-10-21(20)15-19/h2-11,13,15,22,24,27H,12,14,16H2,1H3,(H,28,32)(H,29,33)(H,30,34)/t22-,24+,27-/m0/s1. The van der Waals surface area contributed by atoms with Gasteiger partial charge in [-0.15, -0.1) is 0 Å². The van der Waals surface area contributed by atoms with Gasteiger partial charge < -0.3 is 20.7 Å². The molecular weight excluding hydrogens is 446 g/mol. The molecule has 3 amide bonds. The fourth-order valence-corrected chi connectivity index (χ4v) is 4.01. The van der Waals surface area contributed by atoms with E-state index in [1.165, 1.54) is 6.92 Å². The largest absolute Gasteiger partial charge is 0.439 e. The van der Waals surface area contributed by atoms with Gasteiger partial charge in [-0.25, -0.2) is 0 Å². The summed E-state index contributed by atoms with van der Waals surface area (Å²) in [7, 11) is 0. The molecule has 3 aromatic carbocycles. The van der Waals surface area contributed by atoms with Gasteiger partial charge in [0.15, 0.2) is 6.04 Å². The lowest BCUT2D eigenvalue weighted by molar-refractivity contribution is -0.164. The number of benzene rings is 3. The zero-order chi connectivity index (χ0) is 24.8. The van der Waals surface area contributed by atoms with Gasteiger partial charge in [0, 0.05) is 19.8 Å². The first-order chi connectivity index (χ1) is 16.9. The molecule has 0 bridgehead atoms. The lowest BCUT2D eigenvalue weighted by Crippen LogP contribution is -2.71. The molecule has 8 heteroatoms. The zero-order valence-electron chi connectivity index (χ0n) is 19.3. The molecule has 0 unspecified atom stereocenters. The van der Waals surface area contributed by atoms with Crippen LogP contribution in [0.3, 0.4) is 0 Å². The Morgan fingerprint density at radius 1 is 0.943 bits per heavy atom. The Bertz CT molecular complexity index is 1240. The number of nitrogens with one attached hydrogen (secondary N) is 3. The molecule has 3 atom stereocenters. The first-order valence-electron chi connectivity index (χ1n) is 11.5. The topological polar surface area (TPSA) is 114 Å². The normalized spacial score (nSPS) is 17.6. The van der Waals surface area contributed by atoms with Crippen LogP contribution in [-0.4, -0.2) is 42.0 Å². The molecule has 0 aliphatic carbocycles. The highest BCUT2D eigenvalue weighted by Crippen LogP contribution is 2.17. The molecule has 1 saturated heterocycles. The first kappa shape index (κ1) is 23.9. The lowest BCUT2D eigenvalue weighted by Gasteiger charge is -2.36. The van der Waals surface area contributed by atoms with Crippen LogP contribution < -0.4 is 16.0 Å². The summed E-state index contributed by atoms with van der Waals surface area (Å²) in [6, 6.07) is 21.4. The molecule has 1 aliphatic rings. The van der Waals surface area contributed by atoms with E-state index in [9.17, 15) is 19.2 Å². The number of aryl methyl sites for hydroxylation is 1. The summed E-state index contributed by atoms with van der Waals surface area (Å²) in [6.07, 6.45) is 0.0570. The Balaban J connectivity index is 1.47. The van der Waals surface area contributed by atoms with Crippen LogP contribution in [0.15, 0.2) is 72.8 Å². The third kappa shape index (κ3) is 6.23. The second kappa shape index (κ2) is 10.8. The fraction of sp³-hybridized carbons (Fsp3) is 0.259. The predicted molar refractivity (Wildman–Crippen MR) is 130 cm³/mol. The monoisotopic (exact) mass is 473 g/mol. The minimum atomic E-state index is -1.01. The third-order valence-corrected chi connectivity index (χ3v) is 5.85. The van der Waals surface area contributed by atoms with Crippen molar-refractivity contribution in [3.8, 4) is 0 Å². The highest BCUT2D eigenvalue weighted by Gasteiger charge is 2.43. The van der Waals surface area contributed by atoms with E-state index in [0.29, 0.717) is 6.42 Å². The molecule has 3 N–H and O–H groups in total. The Morgan fingerprint density at radius 3 is 2.37 bits per heavy atom. The average Bonchev–Trinajstić information content (AvgIpc) is 2.85. The van der Waals surface area contributed by atoms with Crippen LogP contribution in [0.2, 0.25) is 0 Å². The number of esters is 1. The summed E-state index contributed by atoms with van der Waals surface area (Å²) in [4.78, 5) is 49.1.